The summed E-state index contributed by atoms with van der Waals surface area (Å²) in [6.45, 7) is 0.0519. The monoisotopic (exact) mass is 613 g/mol. The van der Waals surface area contributed by atoms with E-state index >= 15 is 0 Å². The number of Topliss-reactive ketones (excluding diaryl/α,β-unsaturated/α-hetero) is 2. The fourth-order valence-corrected chi connectivity index (χ4v) is 4.87. The number of fused-ring (bicyclic) bond motifs is 6. The van der Waals surface area contributed by atoms with Crippen LogP contribution in [0.1, 0.15) is 20.7 Å². The zero-order valence-corrected chi connectivity index (χ0v) is 23.3. The van der Waals surface area contributed by atoms with Crippen molar-refractivity contribution in [2.75, 3.05) is 11.9 Å². The predicted molar refractivity (Wildman–Crippen MR) is 165 cm³/mol. The van der Waals surface area contributed by atoms with Crippen LogP contribution in [0.25, 0.3) is 43.1 Å². The summed E-state index contributed by atoms with van der Waals surface area (Å²) in [5.74, 6) is 0.0923. The minimum Gasteiger partial charge on any atom is -0.324 e. The lowest BCUT2D eigenvalue weighted by atomic mass is 9.99. The highest BCUT2D eigenvalue weighted by Crippen LogP contribution is 2.27. The van der Waals surface area contributed by atoms with Crippen LogP contribution in [0.3, 0.4) is 0 Å². The number of carbonyl (C=O) groups excluding carboxylic acids is 2. The molecule has 5 heteroatoms. The van der Waals surface area contributed by atoms with Crippen molar-refractivity contribution in [3.8, 4) is 0 Å². The van der Waals surface area contributed by atoms with Crippen LogP contribution in [0.4, 0.5) is 0 Å². The van der Waals surface area contributed by atoms with Gasteiger partial charge in [-0.05, 0) is 55.2 Å². The van der Waals surface area contributed by atoms with Gasteiger partial charge in [-0.15, -0.1) is 17.0 Å². The molecule has 6 aromatic rings. The highest BCUT2D eigenvalue weighted by atomic mass is 79.9. The second-order valence-corrected chi connectivity index (χ2v) is 9.19. The second kappa shape index (κ2) is 11.8. The molecule has 0 heterocycles. The van der Waals surface area contributed by atoms with Gasteiger partial charge in [0.2, 0.25) is 0 Å². The Hall–Kier alpha value is -3.38. The van der Waals surface area contributed by atoms with Crippen LogP contribution >= 0.6 is 32.9 Å². The second-order valence-electron chi connectivity index (χ2n) is 8.63. The summed E-state index contributed by atoms with van der Waals surface area (Å²) in [7, 11) is 0. The van der Waals surface area contributed by atoms with Crippen LogP contribution in [0.5, 0.6) is 0 Å². The van der Waals surface area contributed by atoms with Crippen LogP contribution in [-0.2, 0) is 0 Å². The van der Waals surface area contributed by atoms with E-state index in [1.165, 1.54) is 26.9 Å². The topological polar surface area (TPSA) is 60.2 Å². The van der Waals surface area contributed by atoms with Crippen LogP contribution in [0, 0.1) is 0 Å². The molecule has 37 heavy (non-hydrogen) atoms. The molecule has 0 fully saturated rings. The van der Waals surface area contributed by atoms with E-state index in [1.54, 1.807) is 0 Å². The zero-order chi connectivity index (χ0) is 25.1. The zero-order valence-electron chi connectivity index (χ0n) is 20.0. The highest BCUT2D eigenvalue weighted by Gasteiger charge is 2.07. The molecule has 0 aromatic heterocycles. The van der Waals surface area contributed by atoms with E-state index in [4.69, 9.17) is 5.73 Å². The number of carbonyl (C=O) groups is 2. The third-order valence-corrected chi connectivity index (χ3v) is 6.95. The lowest BCUT2D eigenvalue weighted by Crippen LogP contribution is -2.13. The number of ketones is 2. The van der Waals surface area contributed by atoms with Crippen molar-refractivity contribution < 1.29 is 9.59 Å². The third-order valence-electron chi connectivity index (χ3n) is 6.44. The first-order valence-corrected chi connectivity index (χ1v) is 12.9. The van der Waals surface area contributed by atoms with E-state index in [0.717, 1.165) is 21.7 Å². The Labute approximate surface area is 234 Å². The van der Waals surface area contributed by atoms with E-state index in [9.17, 15) is 9.59 Å². The third kappa shape index (κ3) is 5.49. The van der Waals surface area contributed by atoms with Gasteiger partial charge in [-0.3, -0.25) is 9.59 Å². The summed E-state index contributed by atoms with van der Waals surface area (Å²) in [5.41, 5.74) is 6.85. The van der Waals surface area contributed by atoms with Crippen molar-refractivity contribution in [3.63, 3.8) is 0 Å². The van der Waals surface area contributed by atoms with Crippen molar-refractivity contribution in [1.82, 2.24) is 0 Å². The van der Waals surface area contributed by atoms with Gasteiger partial charge in [0.25, 0.3) is 0 Å². The number of hydrogen-bond acceptors (Lipinski definition) is 3. The molecule has 0 atom stereocenters. The maximum Gasteiger partial charge on any atom is 0.176 e. The molecular formula is C32H25Br2NO2. The minimum absolute atomic E-state index is 0. The first kappa shape index (κ1) is 26.7. The summed E-state index contributed by atoms with van der Waals surface area (Å²) in [6, 6.07) is 36.5. The van der Waals surface area contributed by atoms with Crippen molar-refractivity contribution in [2.45, 2.75) is 0 Å². The molecule has 0 aliphatic rings. The largest absolute Gasteiger partial charge is 0.324 e. The molecule has 0 unspecified atom stereocenters. The Morgan fingerprint density at radius 3 is 1.35 bits per heavy atom. The average molecular weight is 615 g/mol. The molecule has 0 aliphatic carbocycles. The van der Waals surface area contributed by atoms with Crippen molar-refractivity contribution in [1.29, 1.82) is 0 Å². The van der Waals surface area contributed by atoms with Crippen LogP contribution in [0.2, 0.25) is 0 Å². The Morgan fingerprint density at radius 1 is 0.541 bits per heavy atom. The Balaban J connectivity index is 0.000000168. The van der Waals surface area contributed by atoms with Gasteiger partial charge in [0, 0.05) is 11.1 Å². The lowest BCUT2D eigenvalue weighted by Gasteiger charge is -2.05. The highest BCUT2D eigenvalue weighted by molar-refractivity contribution is 9.09. The van der Waals surface area contributed by atoms with E-state index in [-0.39, 0.29) is 35.1 Å². The van der Waals surface area contributed by atoms with Crippen LogP contribution in [0.15, 0.2) is 109 Å². The number of benzene rings is 6. The maximum atomic E-state index is 11.7. The molecule has 6 rings (SSSR count). The molecule has 0 aliphatic heterocycles. The molecule has 0 spiro atoms. The Bertz CT molecular complexity index is 1630. The van der Waals surface area contributed by atoms with Crippen molar-refractivity contribution in [2.24, 2.45) is 5.73 Å². The number of rotatable bonds is 4. The van der Waals surface area contributed by atoms with Gasteiger partial charge in [-0.2, -0.15) is 0 Å². The molecular weight excluding hydrogens is 590 g/mol. The summed E-state index contributed by atoms with van der Waals surface area (Å²) >= 11 is 3.22. The van der Waals surface area contributed by atoms with Gasteiger partial charge in [0.05, 0.1) is 11.9 Å². The number of nitrogens with two attached hydrogens (primary N) is 1. The summed E-state index contributed by atoms with van der Waals surface area (Å²) in [6.07, 6.45) is 0. The molecule has 0 bridgehead atoms. The molecule has 6 aromatic carbocycles. The summed E-state index contributed by atoms with van der Waals surface area (Å²) in [4.78, 5) is 23.4. The first-order valence-electron chi connectivity index (χ1n) is 11.7. The van der Waals surface area contributed by atoms with Gasteiger partial charge in [0.1, 0.15) is 0 Å². The van der Waals surface area contributed by atoms with Crippen molar-refractivity contribution in [3.05, 3.63) is 120 Å². The van der Waals surface area contributed by atoms with Gasteiger partial charge in [0.15, 0.2) is 11.6 Å². The van der Waals surface area contributed by atoms with Crippen LogP contribution in [-0.4, -0.2) is 23.4 Å². The first-order chi connectivity index (χ1) is 17.6. The molecule has 184 valence electrons. The van der Waals surface area contributed by atoms with Gasteiger partial charge >= 0.3 is 0 Å². The molecule has 0 amide bonds. The van der Waals surface area contributed by atoms with Gasteiger partial charge in [-0.25, -0.2) is 0 Å². The predicted octanol–water partition coefficient (Wildman–Crippen LogP) is 8.28. The Kier molecular flexibility index (Phi) is 8.49. The number of hydrogen-bond donors (Lipinski definition) is 1. The van der Waals surface area contributed by atoms with E-state index in [2.05, 4.69) is 64.5 Å². The van der Waals surface area contributed by atoms with Gasteiger partial charge in [-0.1, -0.05) is 113 Å². The van der Waals surface area contributed by atoms with Crippen molar-refractivity contribution >= 4 is 87.6 Å². The maximum absolute atomic E-state index is 11.7. The van der Waals surface area contributed by atoms with Crippen LogP contribution < -0.4 is 5.73 Å². The molecule has 0 radical (unpaired) electrons. The fraction of sp³-hybridized carbons (Fsp3) is 0.0625. The van der Waals surface area contributed by atoms with E-state index in [1.807, 2.05) is 60.7 Å². The number of alkyl halides is 1. The fourth-order valence-electron chi connectivity index (χ4n) is 4.55. The quantitative estimate of drug-likeness (QED) is 0.123. The standard InChI is InChI=1S/C16H11BrO.C16H13NO.BrH/c2*17-10-16(18)13-8-7-12-6-5-11-3-1-2-4-14(11)15(12)9-13;/h1-9H,10H2;1-9H,10,17H2;1H. The van der Waals surface area contributed by atoms with Gasteiger partial charge < -0.3 is 5.73 Å². The SMILES string of the molecule is Br.NCC(=O)c1ccc2ccc3ccccc3c2c1.O=C(CBr)c1ccc2ccc3ccccc3c2c1. The molecule has 2 N–H and O–H groups in total. The minimum atomic E-state index is -0.0233. The summed E-state index contributed by atoms with van der Waals surface area (Å²) in [5, 5.41) is 9.66. The Morgan fingerprint density at radius 2 is 0.919 bits per heavy atom. The number of halogens is 2. The average Bonchev–Trinajstić information content (AvgIpc) is 2.96. The molecule has 0 saturated carbocycles. The smallest absolute Gasteiger partial charge is 0.176 e. The van der Waals surface area contributed by atoms with E-state index < -0.39 is 0 Å². The normalized spacial score (nSPS) is 10.6. The van der Waals surface area contributed by atoms with E-state index in [0.29, 0.717) is 10.9 Å². The summed E-state index contributed by atoms with van der Waals surface area (Å²) < 4.78 is 0. The molecule has 3 nitrogen and oxygen atoms in total. The lowest BCUT2D eigenvalue weighted by molar-refractivity contribution is 0.0998. The molecule has 0 saturated heterocycles.